The van der Waals surface area contributed by atoms with Crippen LogP contribution in [-0.4, -0.2) is 56.6 Å². The molecule has 1 amide bonds. The van der Waals surface area contributed by atoms with Gasteiger partial charge in [0.1, 0.15) is 17.1 Å². The largest absolute Gasteiger partial charge is 0.490 e. The fourth-order valence-electron chi connectivity index (χ4n) is 5.62. The molecule has 2 aromatic heterocycles. The van der Waals surface area contributed by atoms with E-state index in [0.29, 0.717) is 53.9 Å². The van der Waals surface area contributed by atoms with Gasteiger partial charge in [-0.2, -0.15) is 0 Å². The monoisotopic (exact) mass is 596 g/mol. The Morgan fingerprint density at radius 3 is 2.41 bits per heavy atom. The maximum absolute atomic E-state index is 13.9. The molecule has 2 aliphatic rings. The second-order valence-electron chi connectivity index (χ2n) is 12.2. The van der Waals surface area contributed by atoms with E-state index in [1.807, 2.05) is 45.0 Å². The summed E-state index contributed by atoms with van der Waals surface area (Å²) in [5.41, 5.74) is 2.40. The Morgan fingerprint density at radius 1 is 0.955 bits per heavy atom. The summed E-state index contributed by atoms with van der Waals surface area (Å²) in [6.45, 7) is 7.51. The van der Waals surface area contributed by atoms with E-state index in [0.717, 1.165) is 24.0 Å². The second kappa shape index (κ2) is 11.7. The average Bonchev–Trinajstić information content (AvgIpc) is 3.28. The molecule has 3 heterocycles. The van der Waals surface area contributed by atoms with Gasteiger partial charge in [0.15, 0.2) is 11.6 Å². The third kappa shape index (κ3) is 6.10. The molecule has 44 heavy (non-hydrogen) atoms. The minimum Gasteiger partial charge on any atom is -0.490 e. The fourth-order valence-corrected chi connectivity index (χ4v) is 5.62. The maximum Gasteiger partial charge on any atom is 0.410 e. The number of hydrogen-bond acceptors (Lipinski definition) is 7. The average molecular weight is 597 g/mol. The van der Waals surface area contributed by atoms with E-state index >= 15 is 0 Å². The van der Waals surface area contributed by atoms with Gasteiger partial charge >= 0.3 is 6.09 Å². The predicted octanol–water partition coefficient (Wildman–Crippen LogP) is 5.73. The lowest BCUT2D eigenvalue weighted by molar-refractivity contribution is 0.0164. The Labute approximate surface area is 254 Å². The number of fused-ring (bicyclic) bond motifs is 3. The van der Waals surface area contributed by atoms with Crippen molar-refractivity contribution in [2.75, 3.05) is 19.7 Å². The Kier molecular flexibility index (Phi) is 7.75. The number of benzene rings is 2. The number of hydrogen-bond donors (Lipinski definition) is 0. The second-order valence-corrected chi connectivity index (χ2v) is 12.2. The summed E-state index contributed by atoms with van der Waals surface area (Å²) in [7, 11) is 0. The van der Waals surface area contributed by atoms with E-state index in [1.54, 1.807) is 23.4 Å². The van der Waals surface area contributed by atoms with Crippen LogP contribution in [0, 0.1) is 11.7 Å². The van der Waals surface area contributed by atoms with E-state index in [1.165, 1.54) is 28.8 Å². The molecule has 0 radical (unpaired) electrons. The summed E-state index contributed by atoms with van der Waals surface area (Å²) in [6, 6.07) is 14.5. The van der Waals surface area contributed by atoms with Crippen LogP contribution in [0.5, 0.6) is 5.75 Å². The summed E-state index contributed by atoms with van der Waals surface area (Å²) >= 11 is 0. The first kappa shape index (κ1) is 29.2. The lowest BCUT2D eigenvalue weighted by atomic mass is 9.98. The van der Waals surface area contributed by atoms with Gasteiger partial charge in [0.05, 0.1) is 25.5 Å². The van der Waals surface area contributed by atoms with Crippen molar-refractivity contribution >= 4 is 11.9 Å². The Morgan fingerprint density at radius 2 is 1.68 bits per heavy atom. The van der Waals surface area contributed by atoms with Crippen molar-refractivity contribution < 1.29 is 23.5 Å². The normalized spacial score (nSPS) is 14.7. The SMILES string of the molecule is CC(C)(C)OC(=O)N1CCC(COc2cnc(-c3cccc(Cn4c5c(ccc4=O)-c4cc(F)ccc4C5=O)c3)nc2)CC1. The lowest BCUT2D eigenvalue weighted by Crippen LogP contribution is -2.42. The molecule has 4 aromatic rings. The highest BCUT2D eigenvalue weighted by molar-refractivity contribution is 6.20. The zero-order chi connectivity index (χ0) is 31.0. The van der Waals surface area contributed by atoms with E-state index in [2.05, 4.69) is 9.97 Å². The summed E-state index contributed by atoms with van der Waals surface area (Å²) in [5.74, 6) is 0.629. The van der Waals surface area contributed by atoms with E-state index in [9.17, 15) is 18.8 Å². The molecule has 1 aliphatic heterocycles. The van der Waals surface area contributed by atoms with Crippen LogP contribution >= 0.6 is 0 Å². The third-order valence-electron chi connectivity index (χ3n) is 7.82. The molecular weight excluding hydrogens is 563 g/mol. The molecule has 0 spiro atoms. The summed E-state index contributed by atoms with van der Waals surface area (Å²) in [5, 5.41) is 0. The van der Waals surface area contributed by atoms with Crippen molar-refractivity contribution in [3.63, 3.8) is 0 Å². The molecule has 1 saturated heterocycles. The van der Waals surface area contributed by atoms with Crippen LogP contribution in [-0.2, 0) is 11.3 Å². The molecular formula is C34H33FN4O5. The number of amides is 1. The van der Waals surface area contributed by atoms with Gasteiger partial charge in [0, 0.05) is 35.8 Å². The highest BCUT2D eigenvalue weighted by atomic mass is 19.1. The van der Waals surface area contributed by atoms with Crippen molar-refractivity contribution in [1.29, 1.82) is 0 Å². The highest BCUT2D eigenvalue weighted by Gasteiger charge is 2.31. The van der Waals surface area contributed by atoms with Gasteiger partial charge in [-0.25, -0.2) is 19.2 Å². The number of ketones is 1. The lowest BCUT2D eigenvalue weighted by Gasteiger charge is -2.33. The first-order valence-electron chi connectivity index (χ1n) is 14.7. The molecule has 9 nitrogen and oxygen atoms in total. The molecule has 0 N–H and O–H groups in total. The van der Waals surface area contributed by atoms with Crippen LogP contribution in [0.2, 0.25) is 0 Å². The number of likely N-dealkylation sites (tertiary alicyclic amines) is 1. The van der Waals surface area contributed by atoms with Gasteiger partial charge in [0.2, 0.25) is 5.78 Å². The Balaban J connectivity index is 1.10. The molecule has 6 rings (SSSR count). The molecule has 0 bridgehead atoms. The number of rotatable bonds is 6. The first-order valence-corrected chi connectivity index (χ1v) is 14.7. The van der Waals surface area contributed by atoms with Gasteiger partial charge in [0.25, 0.3) is 5.56 Å². The van der Waals surface area contributed by atoms with Gasteiger partial charge in [-0.1, -0.05) is 18.2 Å². The Bertz CT molecular complexity index is 1790. The quantitative estimate of drug-likeness (QED) is 0.247. The summed E-state index contributed by atoms with van der Waals surface area (Å²) < 4.78 is 26.8. The minimum absolute atomic E-state index is 0.159. The van der Waals surface area contributed by atoms with Crippen molar-refractivity contribution in [1.82, 2.24) is 19.4 Å². The third-order valence-corrected chi connectivity index (χ3v) is 7.82. The van der Waals surface area contributed by atoms with Crippen LogP contribution < -0.4 is 10.3 Å². The number of ether oxygens (including phenoxy) is 2. The van der Waals surface area contributed by atoms with Gasteiger partial charge < -0.3 is 18.9 Å². The van der Waals surface area contributed by atoms with Gasteiger partial charge in [-0.3, -0.25) is 9.59 Å². The molecule has 10 heteroatoms. The first-order chi connectivity index (χ1) is 21.1. The van der Waals surface area contributed by atoms with Crippen molar-refractivity contribution in [3.05, 3.63) is 100.0 Å². The van der Waals surface area contributed by atoms with Crippen molar-refractivity contribution in [3.8, 4) is 28.3 Å². The van der Waals surface area contributed by atoms with E-state index < -0.39 is 11.4 Å². The molecule has 1 fully saturated rings. The number of aromatic nitrogens is 3. The molecule has 0 saturated carbocycles. The summed E-state index contributed by atoms with van der Waals surface area (Å²) in [4.78, 5) is 49.1. The minimum atomic E-state index is -0.512. The molecule has 226 valence electrons. The maximum atomic E-state index is 13.9. The number of nitrogens with zero attached hydrogens (tertiary/aromatic N) is 4. The summed E-state index contributed by atoms with van der Waals surface area (Å²) in [6.07, 6.45) is 4.64. The number of pyridine rings is 1. The van der Waals surface area contributed by atoms with Crippen molar-refractivity contribution in [2.24, 2.45) is 5.92 Å². The fraction of sp³-hybridized carbons (Fsp3) is 0.324. The molecule has 0 atom stereocenters. The zero-order valence-corrected chi connectivity index (χ0v) is 24.9. The van der Waals surface area contributed by atoms with E-state index in [-0.39, 0.29) is 29.7 Å². The number of carbonyl (C=O) groups is 2. The van der Waals surface area contributed by atoms with Gasteiger partial charge in [-0.15, -0.1) is 0 Å². The van der Waals surface area contributed by atoms with Crippen LogP contribution in [0.25, 0.3) is 22.5 Å². The molecule has 1 aliphatic carbocycles. The Hall–Kier alpha value is -4.86. The number of piperidine rings is 1. The highest BCUT2D eigenvalue weighted by Crippen LogP contribution is 2.36. The predicted molar refractivity (Wildman–Crippen MR) is 162 cm³/mol. The van der Waals surface area contributed by atoms with Crippen LogP contribution in [0.1, 0.15) is 55.2 Å². The van der Waals surface area contributed by atoms with Crippen LogP contribution in [0.15, 0.2) is 71.8 Å². The van der Waals surface area contributed by atoms with E-state index in [4.69, 9.17) is 9.47 Å². The van der Waals surface area contributed by atoms with Crippen molar-refractivity contribution in [2.45, 2.75) is 45.8 Å². The molecule has 2 aromatic carbocycles. The van der Waals surface area contributed by atoms with Gasteiger partial charge in [-0.05, 0) is 81.0 Å². The zero-order valence-electron chi connectivity index (χ0n) is 24.9. The standard InChI is InChI=1S/C34H33FN4O5/c1-34(2,3)44-33(42)38-13-11-21(12-14-38)20-43-25-17-36-32(37-18-25)23-6-4-5-22(15-23)19-39-29(40)10-9-26-28-16-24(35)7-8-27(28)31(41)30(26)39/h4-10,15-18,21H,11-14,19-20H2,1-3H3. The number of carbonyl (C=O) groups excluding carboxylic acids is 2. The van der Waals surface area contributed by atoms with Crippen LogP contribution in [0.3, 0.4) is 0 Å². The topological polar surface area (TPSA) is 104 Å². The number of halogens is 1. The van der Waals surface area contributed by atoms with Crippen LogP contribution in [0.4, 0.5) is 9.18 Å². The smallest absolute Gasteiger partial charge is 0.410 e. The molecule has 0 unspecified atom stereocenters.